The predicted molar refractivity (Wildman–Crippen MR) is 74.5 cm³/mol. The molecule has 6 heteroatoms. The van der Waals surface area contributed by atoms with Crippen LogP contribution in [0.1, 0.15) is 24.2 Å². The maximum Gasteiger partial charge on any atom is 0.257 e. The molecule has 1 aliphatic heterocycles. The molecule has 20 heavy (non-hydrogen) atoms. The highest BCUT2D eigenvalue weighted by molar-refractivity contribution is 5.98. The first-order chi connectivity index (χ1) is 9.34. The molecule has 1 aromatic carbocycles. The van der Waals surface area contributed by atoms with E-state index in [1.54, 1.807) is 11.0 Å². The summed E-state index contributed by atoms with van der Waals surface area (Å²) < 4.78 is 5.66. The highest BCUT2D eigenvalue weighted by atomic mass is 16.5. The van der Waals surface area contributed by atoms with Crippen molar-refractivity contribution >= 4 is 11.6 Å². The molecule has 2 rings (SSSR count). The van der Waals surface area contributed by atoms with E-state index >= 15 is 0 Å². The molecule has 0 spiro atoms. The monoisotopic (exact) mass is 280 g/mol. The Balaban J connectivity index is 2.26. The van der Waals surface area contributed by atoms with Crippen molar-refractivity contribution in [3.05, 3.63) is 23.8 Å². The topological polar surface area (TPSA) is 96.0 Å². The summed E-state index contributed by atoms with van der Waals surface area (Å²) in [4.78, 5) is 14.1. The van der Waals surface area contributed by atoms with E-state index in [1.165, 1.54) is 12.1 Å². The maximum absolute atomic E-state index is 12.5. The zero-order valence-corrected chi connectivity index (χ0v) is 11.7. The van der Waals surface area contributed by atoms with Crippen LogP contribution in [-0.2, 0) is 4.74 Å². The standard InChI is InChI=1S/C14H20N2O4/c1-14(2)8-16(6-9(7-17)20-14)13(19)10-4-3-5-11(15)12(10)18/h3-5,9,17-18H,6-8,15H2,1-2H3. The van der Waals surface area contributed by atoms with Crippen LogP contribution in [0.25, 0.3) is 0 Å². The van der Waals surface area contributed by atoms with Crippen LogP contribution in [0.4, 0.5) is 5.69 Å². The summed E-state index contributed by atoms with van der Waals surface area (Å²) in [6.45, 7) is 4.22. The number of nitrogen functional groups attached to an aromatic ring is 1. The number of rotatable bonds is 2. The third kappa shape index (κ3) is 2.86. The Hall–Kier alpha value is -1.79. The second-order valence-corrected chi connectivity index (χ2v) is 5.61. The van der Waals surface area contributed by atoms with Gasteiger partial charge in [-0.3, -0.25) is 4.79 Å². The van der Waals surface area contributed by atoms with Crippen LogP contribution in [0, 0.1) is 0 Å². The van der Waals surface area contributed by atoms with Gasteiger partial charge in [0.2, 0.25) is 0 Å². The van der Waals surface area contributed by atoms with Crippen molar-refractivity contribution in [3.8, 4) is 5.75 Å². The molecule has 110 valence electrons. The van der Waals surface area contributed by atoms with Gasteiger partial charge in [0.25, 0.3) is 5.91 Å². The summed E-state index contributed by atoms with van der Waals surface area (Å²) in [5.41, 5.74) is 5.40. The van der Waals surface area contributed by atoms with E-state index in [0.29, 0.717) is 6.54 Å². The van der Waals surface area contributed by atoms with Crippen LogP contribution in [0.15, 0.2) is 18.2 Å². The highest BCUT2D eigenvalue weighted by Gasteiger charge is 2.36. The van der Waals surface area contributed by atoms with Crippen LogP contribution in [0.5, 0.6) is 5.75 Å². The van der Waals surface area contributed by atoms with Crippen molar-refractivity contribution in [1.29, 1.82) is 0 Å². The average Bonchev–Trinajstić information content (AvgIpc) is 2.39. The van der Waals surface area contributed by atoms with Gasteiger partial charge in [0.1, 0.15) is 0 Å². The summed E-state index contributed by atoms with van der Waals surface area (Å²) in [6, 6.07) is 4.69. The second-order valence-electron chi connectivity index (χ2n) is 5.61. The number of aliphatic hydroxyl groups is 1. The lowest BCUT2D eigenvalue weighted by molar-refractivity contribution is -0.139. The number of carbonyl (C=O) groups excluding carboxylic acids is 1. The minimum Gasteiger partial charge on any atom is -0.505 e. The molecule has 0 aromatic heterocycles. The van der Waals surface area contributed by atoms with Gasteiger partial charge in [0.05, 0.1) is 29.6 Å². The Kier molecular flexibility index (Phi) is 3.87. The number of carbonyl (C=O) groups is 1. The van der Waals surface area contributed by atoms with Crippen molar-refractivity contribution in [1.82, 2.24) is 4.90 Å². The summed E-state index contributed by atoms with van der Waals surface area (Å²) in [5.74, 6) is -0.521. The molecule has 1 aromatic rings. The fourth-order valence-corrected chi connectivity index (χ4v) is 2.45. The largest absolute Gasteiger partial charge is 0.505 e. The molecule has 0 saturated carbocycles. The summed E-state index contributed by atoms with van der Waals surface area (Å²) in [5, 5.41) is 19.2. The Morgan fingerprint density at radius 3 is 2.90 bits per heavy atom. The van der Waals surface area contributed by atoms with Gasteiger partial charge < -0.3 is 25.6 Å². The van der Waals surface area contributed by atoms with Crippen LogP contribution in [-0.4, -0.2) is 52.4 Å². The van der Waals surface area contributed by atoms with Gasteiger partial charge >= 0.3 is 0 Å². The number of anilines is 1. The number of phenols is 1. The first-order valence-corrected chi connectivity index (χ1v) is 6.49. The van der Waals surface area contributed by atoms with Crippen LogP contribution >= 0.6 is 0 Å². The van der Waals surface area contributed by atoms with E-state index in [2.05, 4.69) is 0 Å². The third-order valence-electron chi connectivity index (χ3n) is 3.27. The summed E-state index contributed by atoms with van der Waals surface area (Å²) in [7, 11) is 0. The molecule has 0 bridgehead atoms. The van der Waals surface area contributed by atoms with Gasteiger partial charge in [0, 0.05) is 13.1 Å². The number of benzene rings is 1. The van der Waals surface area contributed by atoms with Crippen molar-refractivity contribution in [3.63, 3.8) is 0 Å². The van der Waals surface area contributed by atoms with Gasteiger partial charge in [-0.05, 0) is 26.0 Å². The molecule has 1 heterocycles. The number of ether oxygens (including phenoxy) is 1. The van der Waals surface area contributed by atoms with Crippen molar-refractivity contribution in [2.75, 3.05) is 25.4 Å². The number of hydrogen-bond donors (Lipinski definition) is 3. The number of hydrogen-bond acceptors (Lipinski definition) is 5. The second kappa shape index (κ2) is 5.30. The minimum atomic E-state index is -0.544. The van der Waals surface area contributed by atoms with Crippen molar-refractivity contribution in [2.24, 2.45) is 0 Å². The van der Waals surface area contributed by atoms with Gasteiger partial charge in [-0.1, -0.05) is 6.07 Å². The lowest BCUT2D eigenvalue weighted by atomic mass is 10.0. The van der Waals surface area contributed by atoms with Gasteiger partial charge in [-0.25, -0.2) is 0 Å². The summed E-state index contributed by atoms with van der Waals surface area (Å²) in [6.07, 6.45) is -0.425. The van der Waals surface area contributed by atoms with E-state index in [9.17, 15) is 15.0 Å². The Morgan fingerprint density at radius 1 is 1.55 bits per heavy atom. The van der Waals surface area contributed by atoms with E-state index in [1.807, 2.05) is 13.8 Å². The number of amides is 1. The average molecular weight is 280 g/mol. The first-order valence-electron chi connectivity index (χ1n) is 6.49. The molecule has 1 aliphatic rings. The molecular formula is C14H20N2O4. The predicted octanol–water partition coefficient (Wildman–Crippen LogP) is 0.586. The zero-order chi connectivity index (χ0) is 14.9. The Morgan fingerprint density at radius 2 is 2.25 bits per heavy atom. The van der Waals surface area contributed by atoms with E-state index in [4.69, 9.17) is 10.5 Å². The molecule has 4 N–H and O–H groups in total. The number of nitrogens with zero attached hydrogens (tertiary/aromatic N) is 1. The lowest BCUT2D eigenvalue weighted by Gasteiger charge is -2.42. The zero-order valence-electron chi connectivity index (χ0n) is 11.7. The third-order valence-corrected chi connectivity index (χ3v) is 3.27. The van der Waals surface area contributed by atoms with Crippen LogP contribution in [0.2, 0.25) is 0 Å². The Bertz CT molecular complexity index is 516. The lowest BCUT2D eigenvalue weighted by Crippen LogP contribution is -2.55. The first kappa shape index (κ1) is 14.6. The fourth-order valence-electron chi connectivity index (χ4n) is 2.45. The quantitative estimate of drug-likeness (QED) is 0.544. The molecule has 0 aliphatic carbocycles. The normalized spacial score (nSPS) is 21.8. The van der Waals surface area contributed by atoms with Crippen molar-refractivity contribution in [2.45, 2.75) is 25.6 Å². The molecule has 0 radical (unpaired) electrons. The fraction of sp³-hybridized carbons (Fsp3) is 0.500. The number of nitrogens with two attached hydrogens (primary N) is 1. The smallest absolute Gasteiger partial charge is 0.257 e. The molecular weight excluding hydrogens is 260 g/mol. The maximum atomic E-state index is 12.5. The van der Waals surface area contributed by atoms with Crippen LogP contribution in [0.3, 0.4) is 0 Å². The Labute approximate surface area is 117 Å². The van der Waals surface area contributed by atoms with E-state index in [-0.39, 0.29) is 36.1 Å². The highest BCUT2D eigenvalue weighted by Crippen LogP contribution is 2.28. The van der Waals surface area contributed by atoms with Crippen molar-refractivity contribution < 1.29 is 19.7 Å². The van der Waals surface area contributed by atoms with Gasteiger partial charge in [-0.2, -0.15) is 0 Å². The molecule has 1 unspecified atom stereocenters. The molecule has 1 atom stereocenters. The summed E-state index contributed by atoms with van der Waals surface area (Å²) >= 11 is 0. The van der Waals surface area contributed by atoms with Gasteiger partial charge in [0.15, 0.2) is 5.75 Å². The molecule has 6 nitrogen and oxygen atoms in total. The van der Waals surface area contributed by atoms with Crippen LogP contribution < -0.4 is 5.73 Å². The van der Waals surface area contributed by atoms with Gasteiger partial charge in [-0.15, -0.1) is 0 Å². The number of morpholine rings is 1. The molecule has 1 saturated heterocycles. The number of aromatic hydroxyl groups is 1. The van der Waals surface area contributed by atoms with E-state index in [0.717, 1.165) is 0 Å². The molecule has 1 fully saturated rings. The number of phenolic OH excluding ortho intramolecular Hbond substituents is 1. The SMILES string of the molecule is CC1(C)CN(C(=O)c2cccc(N)c2O)CC(CO)O1. The molecule has 1 amide bonds. The number of aliphatic hydroxyl groups excluding tert-OH is 1. The number of para-hydroxylation sites is 1. The minimum absolute atomic E-state index is 0.157. The van der Waals surface area contributed by atoms with E-state index < -0.39 is 11.7 Å².